The summed E-state index contributed by atoms with van der Waals surface area (Å²) in [7, 11) is 0. The quantitative estimate of drug-likeness (QED) is 0.783. The number of quaternary nitrogens is 1. The second kappa shape index (κ2) is 7.09. The second-order valence-electron chi connectivity index (χ2n) is 5.17. The Morgan fingerprint density at radius 1 is 1.29 bits per heavy atom. The molecular weight excluding hydrogens is 266 g/mol. The minimum atomic E-state index is -1.09. The van der Waals surface area contributed by atoms with Gasteiger partial charge < -0.3 is 20.4 Å². The number of benzene rings is 2. The molecule has 1 atom stereocenters. The van der Waals surface area contributed by atoms with E-state index >= 15 is 0 Å². The molecule has 3 N–H and O–H groups in total. The van der Waals surface area contributed by atoms with E-state index in [9.17, 15) is 9.90 Å². The van der Waals surface area contributed by atoms with E-state index in [4.69, 9.17) is 4.74 Å². The van der Waals surface area contributed by atoms with Crippen LogP contribution in [0.4, 0.5) is 0 Å². The number of aliphatic carboxylic acids is 1. The third-order valence-electron chi connectivity index (χ3n) is 3.51. The number of hydrogen-bond acceptors (Lipinski definition) is 3. The molecule has 0 amide bonds. The molecule has 0 saturated heterocycles. The molecule has 112 valence electrons. The number of hydrogen-bond donors (Lipinski definition) is 1. The first kappa shape index (κ1) is 15.3. The third-order valence-corrected chi connectivity index (χ3v) is 3.51. The van der Waals surface area contributed by atoms with Crippen LogP contribution < -0.4 is 15.6 Å². The van der Waals surface area contributed by atoms with Gasteiger partial charge in [0.15, 0.2) is 0 Å². The third kappa shape index (κ3) is 3.73. The van der Waals surface area contributed by atoms with Gasteiger partial charge in [-0.25, -0.2) is 0 Å². The molecule has 21 heavy (non-hydrogen) atoms. The van der Waals surface area contributed by atoms with Crippen molar-refractivity contribution in [2.45, 2.75) is 32.2 Å². The molecule has 0 bridgehead atoms. The smallest absolute Gasteiger partial charge is 0.129 e. The standard InChI is InChI=1S/C17H21NO3/c1-2-3-10-21-15-9-8-12-6-4-5-7-13(12)17(15)14(18)11-16(19)20/h4-9,14H,2-3,10-11,18H2,1H3,(H,19,20)/t14-/m0/s1. The van der Waals surface area contributed by atoms with Crippen molar-refractivity contribution in [3.05, 3.63) is 42.0 Å². The molecule has 2 aromatic carbocycles. The molecule has 0 aliphatic heterocycles. The summed E-state index contributed by atoms with van der Waals surface area (Å²) in [5, 5.41) is 12.9. The lowest BCUT2D eigenvalue weighted by Crippen LogP contribution is -2.55. The van der Waals surface area contributed by atoms with Crippen molar-refractivity contribution >= 4 is 16.7 Å². The van der Waals surface area contributed by atoms with E-state index in [0.29, 0.717) is 6.61 Å². The zero-order chi connectivity index (χ0) is 15.2. The highest BCUT2D eigenvalue weighted by atomic mass is 16.5. The Morgan fingerprint density at radius 3 is 2.76 bits per heavy atom. The van der Waals surface area contributed by atoms with E-state index in [1.165, 1.54) is 0 Å². The molecule has 4 nitrogen and oxygen atoms in total. The molecule has 0 aliphatic rings. The zero-order valence-corrected chi connectivity index (χ0v) is 12.3. The van der Waals surface area contributed by atoms with Crippen LogP contribution in [0.25, 0.3) is 10.8 Å². The number of carboxylic acid groups (broad SMARTS) is 1. The van der Waals surface area contributed by atoms with Crippen molar-refractivity contribution in [3.63, 3.8) is 0 Å². The Hall–Kier alpha value is -2.07. The van der Waals surface area contributed by atoms with Gasteiger partial charge in [-0.2, -0.15) is 0 Å². The monoisotopic (exact) mass is 287 g/mol. The molecular formula is C17H21NO3. The van der Waals surface area contributed by atoms with E-state index in [-0.39, 0.29) is 6.42 Å². The maximum Gasteiger partial charge on any atom is 0.129 e. The number of ether oxygens (including phenoxy) is 1. The van der Waals surface area contributed by atoms with Crippen LogP contribution in [-0.2, 0) is 4.79 Å². The van der Waals surface area contributed by atoms with E-state index in [0.717, 1.165) is 34.9 Å². The normalized spacial score (nSPS) is 12.3. The molecule has 0 spiro atoms. The molecule has 4 heteroatoms. The summed E-state index contributed by atoms with van der Waals surface area (Å²) in [6, 6.07) is 11.4. The Labute approximate surface area is 124 Å². The van der Waals surface area contributed by atoms with Gasteiger partial charge in [0.25, 0.3) is 0 Å². The summed E-state index contributed by atoms with van der Waals surface area (Å²) in [4.78, 5) is 10.9. The van der Waals surface area contributed by atoms with Crippen LogP contribution in [0.1, 0.15) is 37.8 Å². The molecule has 0 radical (unpaired) electrons. The lowest BCUT2D eigenvalue weighted by molar-refractivity contribution is -0.430. The minimum absolute atomic E-state index is 0.113. The molecule has 0 heterocycles. The maximum absolute atomic E-state index is 10.9. The Morgan fingerprint density at radius 2 is 2.05 bits per heavy atom. The number of carbonyl (C=O) groups excluding carboxylic acids is 1. The van der Waals surface area contributed by atoms with Gasteiger partial charge in [-0.1, -0.05) is 43.7 Å². The molecule has 0 aliphatic carbocycles. The maximum atomic E-state index is 10.9. The highest BCUT2D eigenvalue weighted by Crippen LogP contribution is 2.32. The van der Waals surface area contributed by atoms with Gasteiger partial charge in [0.05, 0.1) is 12.2 Å². The van der Waals surface area contributed by atoms with E-state index in [1.54, 1.807) is 0 Å². The van der Waals surface area contributed by atoms with Crippen LogP contribution in [0, 0.1) is 0 Å². The Balaban J connectivity index is 2.43. The van der Waals surface area contributed by atoms with Crippen LogP contribution in [-0.4, -0.2) is 12.6 Å². The predicted molar refractivity (Wildman–Crippen MR) is 79.6 cm³/mol. The molecule has 0 aromatic heterocycles. The average molecular weight is 287 g/mol. The summed E-state index contributed by atoms with van der Waals surface area (Å²) >= 11 is 0. The summed E-state index contributed by atoms with van der Waals surface area (Å²) in [6.07, 6.45) is 1.91. The van der Waals surface area contributed by atoms with E-state index in [2.05, 4.69) is 12.7 Å². The zero-order valence-electron chi connectivity index (χ0n) is 12.3. The van der Waals surface area contributed by atoms with Gasteiger partial charge in [-0.05, 0) is 23.3 Å². The molecule has 0 unspecified atom stereocenters. The van der Waals surface area contributed by atoms with Gasteiger partial charge in [0, 0.05) is 12.4 Å². The fraction of sp³-hybridized carbons (Fsp3) is 0.353. The van der Waals surface area contributed by atoms with Crippen LogP contribution in [0.3, 0.4) is 0 Å². The van der Waals surface area contributed by atoms with Crippen molar-refractivity contribution in [1.29, 1.82) is 0 Å². The average Bonchev–Trinajstić information content (AvgIpc) is 2.46. The SMILES string of the molecule is CCCCOc1ccc2ccccc2c1[C@@H]([NH3+])CC(=O)[O-]. The minimum Gasteiger partial charge on any atom is -0.550 e. The number of carboxylic acids is 1. The van der Waals surface area contributed by atoms with Crippen molar-refractivity contribution < 1.29 is 20.4 Å². The topological polar surface area (TPSA) is 77.0 Å². The second-order valence-corrected chi connectivity index (χ2v) is 5.17. The molecule has 2 rings (SSSR count). The van der Waals surface area contributed by atoms with Crippen LogP contribution in [0.15, 0.2) is 36.4 Å². The summed E-state index contributed by atoms with van der Waals surface area (Å²) in [5.74, 6) is -0.370. The molecule has 0 saturated carbocycles. The molecule has 0 fully saturated rings. The van der Waals surface area contributed by atoms with Gasteiger partial charge in [0.2, 0.25) is 0 Å². The van der Waals surface area contributed by atoms with Gasteiger partial charge >= 0.3 is 0 Å². The van der Waals surface area contributed by atoms with Crippen molar-refractivity contribution in [2.75, 3.05) is 6.61 Å². The van der Waals surface area contributed by atoms with E-state index < -0.39 is 12.0 Å². The van der Waals surface area contributed by atoms with Crippen LogP contribution >= 0.6 is 0 Å². The van der Waals surface area contributed by atoms with Crippen LogP contribution in [0.5, 0.6) is 5.75 Å². The first-order chi connectivity index (χ1) is 10.1. The number of rotatable bonds is 7. The summed E-state index contributed by atoms with van der Waals surface area (Å²) in [6.45, 7) is 2.73. The first-order valence-corrected chi connectivity index (χ1v) is 7.30. The van der Waals surface area contributed by atoms with Gasteiger partial charge in [-0.15, -0.1) is 0 Å². The Bertz CT molecular complexity index is 624. The van der Waals surface area contributed by atoms with E-state index in [1.807, 2.05) is 36.4 Å². The fourth-order valence-corrected chi connectivity index (χ4v) is 2.45. The first-order valence-electron chi connectivity index (χ1n) is 7.30. The van der Waals surface area contributed by atoms with Crippen molar-refractivity contribution in [2.24, 2.45) is 0 Å². The fourth-order valence-electron chi connectivity index (χ4n) is 2.45. The lowest BCUT2D eigenvalue weighted by Gasteiger charge is -2.17. The lowest BCUT2D eigenvalue weighted by atomic mass is 9.96. The highest BCUT2D eigenvalue weighted by Gasteiger charge is 2.19. The largest absolute Gasteiger partial charge is 0.550 e. The Kier molecular flexibility index (Phi) is 5.17. The number of carbonyl (C=O) groups is 1. The van der Waals surface area contributed by atoms with Gasteiger partial charge in [-0.3, -0.25) is 0 Å². The molecule has 2 aromatic rings. The summed E-state index contributed by atoms with van der Waals surface area (Å²) < 4.78 is 5.84. The summed E-state index contributed by atoms with van der Waals surface area (Å²) in [5.41, 5.74) is 4.84. The highest BCUT2D eigenvalue weighted by molar-refractivity contribution is 5.88. The van der Waals surface area contributed by atoms with Gasteiger partial charge in [0.1, 0.15) is 11.8 Å². The number of unbranched alkanes of at least 4 members (excludes halogenated alkanes) is 1. The van der Waals surface area contributed by atoms with Crippen molar-refractivity contribution in [1.82, 2.24) is 0 Å². The number of fused-ring (bicyclic) bond motifs is 1. The van der Waals surface area contributed by atoms with Crippen molar-refractivity contribution in [3.8, 4) is 5.75 Å². The van der Waals surface area contributed by atoms with Crippen LogP contribution in [0.2, 0.25) is 0 Å². The predicted octanol–water partition coefficient (Wildman–Crippen LogP) is 1.44.